The smallest absolute Gasteiger partial charge is 0.303 e. The molecule has 0 unspecified atom stereocenters. The molecular weight excluding hydrogens is 388 g/mol. The Balaban J connectivity index is 1.43. The maximum Gasteiger partial charge on any atom is 0.303 e. The average molecular weight is 410 g/mol. The molecule has 1 atom stereocenters. The number of para-hydroxylation sites is 2. The van der Waals surface area contributed by atoms with E-state index >= 15 is 0 Å². The van der Waals surface area contributed by atoms with Crippen LogP contribution in [0.3, 0.4) is 0 Å². The van der Waals surface area contributed by atoms with E-state index in [0.29, 0.717) is 35.8 Å². The molecule has 9 nitrogen and oxygen atoms in total. The van der Waals surface area contributed by atoms with Gasteiger partial charge in [0.05, 0.1) is 25.7 Å². The third-order valence-corrected chi connectivity index (χ3v) is 4.59. The SMILES string of the molecule is C[C@@H](C(=O)NCCOCCO)c1ccc2oc(Nc3nc4ccccc4o3)nc2c1. The van der Waals surface area contributed by atoms with Gasteiger partial charge < -0.3 is 24.0 Å². The Labute approximate surface area is 172 Å². The zero-order valence-corrected chi connectivity index (χ0v) is 16.4. The largest absolute Gasteiger partial charge is 0.423 e. The number of rotatable bonds is 9. The Morgan fingerprint density at radius 2 is 1.80 bits per heavy atom. The van der Waals surface area contributed by atoms with Gasteiger partial charge in [-0.2, -0.15) is 9.97 Å². The summed E-state index contributed by atoms with van der Waals surface area (Å²) in [6.45, 7) is 2.78. The molecule has 0 fully saturated rings. The quantitative estimate of drug-likeness (QED) is 0.360. The molecule has 0 saturated carbocycles. The highest BCUT2D eigenvalue weighted by Gasteiger charge is 2.17. The first kappa shape index (κ1) is 19.9. The van der Waals surface area contributed by atoms with Crippen molar-refractivity contribution in [2.24, 2.45) is 0 Å². The van der Waals surface area contributed by atoms with Gasteiger partial charge in [-0.15, -0.1) is 0 Å². The van der Waals surface area contributed by atoms with E-state index in [9.17, 15) is 4.79 Å². The van der Waals surface area contributed by atoms with Crippen LogP contribution in [0, 0.1) is 0 Å². The minimum atomic E-state index is -0.364. The standard InChI is InChI=1S/C21H22N4O5/c1-13(19(27)22-8-10-28-11-9-26)14-6-7-18-16(12-14)24-21(30-18)25-20-23-15-4-2-3-5-17(15)29-20/h2-7,12-13,26H,8-11H2,1H3,(H,22,27)(H,23,24,25)/t13-/m1/s1. The number of hydrogen-bond donors (Lipinski definition) is 3. The minimum absolute atomic E-state index is 0.0364. The lowest BCUT2D eigenvalue weighted by atomic mass is 10.00. The molecule has 0 spiro atoms. The van der Waals surface area contributed by atoms with E-state index in [-0.39, 0.29) is 31.1 Å². The van der Waals surface area contributed by atoms with Crippen molar-refractivity contribution in [3.05, 3.63) is 48.0 Å². The molecule has 156 valence electrons. The van der Waals surface area contributed by atoms with Crippen LogP contribution in [0.25, 0.3) is 22.2 Å². The molecule has 0 bridgehead atoms. The van der Waals surface area contributed by atoms with Gasteiger partial charge in [-0.05, 0) is 36.8 Å². The van der Waals surface area contributed by atoms with Crippen LogP contribution >= 0.6 is 0 Å². The first-order chi connectivity index (χ1) is 14.6. The number of nitrogens with zero attached hydrogens (tertiary/aromatic N) is 2. The van der Waals surface area contributed by atoms with Gasteiger partial charge in [0.1, 0.15) is 11.0 Å². The number of fused-ring (bicyclic) bond motifs is 2. The highest BCUT2D eigenvalue weighted by atomic mass is 16.5. The number of amides is 1. The van der Waals surface area contributed by atoms with Crippen molar-refractivity contribution < 1.29 is 23.5 Å². The van der Waals surface area contributed by atoms with Gasteiger partial charge in [-0.25, -0.2) is 0 Å². The molecule has 9 heteroatoms. The molecule has 0 radical (unpaired) electrons. The Bertz CT molecular complexity index is 1120. The minimum Gasteiger partial charge on any atom is -0.423 e. The molecule has 0 aliphatic heterocycles. The van der Waals surface area contributed by atoms with Crippen LogP contribution in [0.5, 0.6) is 0 Å². The first-order valence-corrected chi connectivity index (χ1v) is 9.63. The monoisotopic (exact) mass is 410 g/mol. The van der Waals surface area contributed by atoms with Gasteiger partial charge in [0.2, 0.25) is 5.91 Å². The van der Waals surface area contributed by atoms with Crippen LogP contribution < -0.4 is 10.6 Å². The van der Waals surface area contributed by atoms with Gasteiger partial charge in [0.25, 0.3) is 0 Å². The molecule has 3 N–H and O–H groups in total. The van der Waals surface area contributed by atoms with Crippen LogP contribution in [0.1, 0.15) is 18.4 Å². The first-order valence-electron chi connectivity index (χ1n) is 9.63. The predicted molar refractivity (Wildman–Crippen MR) is 111 cm³/mol. The topological polar surface area (TPSA) is 123 Å². The molecule has 0 aliphatic carbocycles. The van der Waals surface area contributed by atoms with Crippen LogP contribution in [0.15, 0.2) is 51.3 Å². The number of carbonyl (C=O) groups excluding carboxylic acids is 1. The van der Waals surface area contributed by atoms with E-state index in [1.54, 1.807) is 6.07 Å². The van der Waals surface area contributed by atoms with Crippen molar-refractivity contribution in [1.29, 1.82) is 0 Å². The number of carbonyl (C=O) groups is 1. The van der Waals surface area contributed by atoms with Gasteiger partial charge in [-0.3, -0.25) is 10.1 Å². The summed E-state index contributed by atoms with van der Waals surface area (Å²) in [5.74, 6) is -0.479. The lowest BCUT2D eigenvalue weighted by molar-refractivity contribution is -0.122. The van der Waals surface area contributed by atoms with Crippen molar-refractivity contribution in [2.75, 3.05) is 31.7 Å². The maximum absolute atomic E-state index is 12.4. The molecule has 30 heavy (non-hydrogen) atoms. The molecule has 0 aliphatic rings. The fourth-order valence-corrected chi connectivity index (χ4v) is 3.00. The maximum atomic E-state index is 12.4. The van der Waals surface area contributed by atoms with Crippen molar-refractivity contribution in [3.63, 3.8) is 0 Å². The van der Waals surface area contributed by atoms with Crippen LogP contribution in [-0.4, -0.2) is 47.3 Å². The van der Waals surface area contributed by atoms with E-state index < -0.39 is 0 Å². The molecule has 2 aromatic carbocycles. The summed E-state index contributed by atoms with van der Waals surface area (Å²) in [6, 6.07) is 13.4. The van der Waals surface area contributed by atoms with E-state index in [1.165, 1.54) is 0 Å². The highest BCUT2D eigenvalue weighted by Crippen LogP contribution is 2.27. The Kier molecular flexibility index (Phi) is 5.92. The molecular formula is C21H22N4O5. The van der Waals surface area contributed by atoms with E-state index in [4.69, 9.17) is 18.7 Å². The van der Waals surface area contributed by atoms with Gasteiger partial charge >= 0.3 is 12.0 Å². The average Bonchev–Trinajstić information content (AvgIpc) is 3.35. The molecule has 2 aromatic heterocycles. The second kappa shape index (κ2) is 8.93. The number of oxazole rings is 2. The zero-order valence-electron chi connectivity index (χ0n) is 16.4. The number of hydrogen-bond acceptors (Lipinski definition) is 8. The van der Waals surface area contributed by atoms with Crippen molar-refractivity contribution in [1.82, 2.24) is 15.3 Å². The fraction of sp³-hybridized carbons (Fsp3) is 0.286. The molecule has 2 heterocycles. The van der Waals surface area contributed by atoms with E-state index in [0.717, 1.165) is 11.1 Å². The van der Waals surface area contributed by atoms with Crippen molar-refractivity contribution >= 4 is 40.1 Å². The third kappa shape index (κ3) is 4.42. The number of nitrogens with one attached hydrogen (secondary N) is 2. The Morgan fingerprint density at radius 1 is 1.07 bits per heavy atom. The summed E-state index contributed by atoms with van der Waals surface area (Å²) in [5, 5.41) is 14.4. The number of benzene rings is 2. The highest BCUT2D eigenvalue weighted by molar-refractivity contribution is 5.85. The van der Waals surface area contributed by atoms with Crippen LogP contribution in [-0.2, 0) is 9.53 Å². The zero-order chi connectivity index (χ0) is 20.9. The summed E-state index contributed by atoms with van der Waals surface area (Å²) in [7, 11) is 0. The van der Waals surface area contributed by atoms with Crippen molar-refractivity contribution in [3.8, 4) is 0 Å². The van der Waals surface area contributed by atoms with Crippen LogP contribution in [0.4, 0.5) is 12.0 Å². The van der Waals surface area contributed by atoms with E-state index in [1.807, 2.05) is 43.3 Å². The Hall–Kier alpha value is -3.43. The molecule has 0 saturated heterocycles. The third-order valence-electron chi connectivity index (χ3n) is 4.59. The summed E-state index contributed by atoms with van der Waals surface area (Å²) >= 11 is 0. The molecule has 4 aromatic rings. The van der Waals surface area contributed by atoms with Gasteiger partial charge in [-0.1, -0.05) is 18.2 Å². The van der Waals surface area contributed by atoms with Crippen molar-refractivity contribution in [2.45, 2.75) is 12.8 Å². The number of aliphatic hydroxyl groups excluding tert-OH is 1. The number of ether oxygens (including phenoxy) is 1. The molecule has 1 amide bonds. The second-order valence-corrected chi connectivity index (χ2v) is 6.71. The van der Waals surface area contributed by atoms with Gasteiger partial charge in [0, 0.05) is 6.54 Å². The summed E-state index contributed by atoms with van der Waals surface area (Å²) < 4.78 is 16.5. The number of anilines is 2. The molecule has 4 rings (SSSR count). The van der Waals surface area contributed by atoms with E-state index in [2.05, 4.69) is 20.6 Å². The summed E-state index contributed by atoms with van der Waals surface area (Å²) in [6.07, 6.45) is 0. The Morgan fingerprint density at radius 3 is 2.57 bits per heavy atom. The number of aromatic nitrogens is 2. The lowest BCUT2D eigenvalue weighted by Crippen LogP contribution is -2.31. The summed E-state index contributed by atoms with van der Waals surface area (Å²) in [5.41, 5.74) is 3.43. The second-order valence-electron chi connectivity index (χ2n) is 6.71. The van der Waals surface area contributed by atoms with Crippen LogP contribution in [0.2, 0.25) is 0 Å². The normalized spacial score (nSPS) is 12.3. The summed E-state index contributed by atoms with van der Waals surface area (Å²) in [4.78, 5) is 21.1. The van der Waals surface area contributed by atoms with Gasteiger partial charge in [0.15, 0.2) is 11.2 Å². The number of aliphatic hydroxyl groups is 1. The predicted octanol–water partition coefficient (Wildman–Crippen LogP) is 2.94. The fourth-order valence-electron chi connectivity index (χ4n) is 3.00. The lowest BCUT2D eigenvalue weighted by Gasteiger charge is -2.12.